The molecule has 4 rings (SSSR count). The van der Waals surface area contributed by atoms with Crippen molar-refractivity contribution in [2.24, 2.45) is 0 Å². The minimum Gasteiger partial charge on any atom is -0.494 e. The van der Waals surface area contributed by atoms with Gasteiger partial charge in [-0.3, -0.25) is 0 Å². The van der Waals surface area contributed by atoms with E-state index in [-0.39, 0.29) is 4.90 Å². The number of aromatic nitrogens is 2. The normalized spacial score (nSPS) is 15.0. The molecule has 1 aromatic heterocycles. The highest BCUT2D eigenvalue weighted by atomic mass is 32.2. The second-order valence-electron chi connectivity index (χ2n) is 8.32. The Morgan fingerprint density at radius 3 is 2.12 bits per heavy atom. The Labute approximate surface area is 196 Å². The van der Waals surface area contributed by atoms with Gasteiger partial charge in [0.25, 0.3) is 0 Å². The Kier molecular flexibility index (Phi) is 6.67. The molecule has 1 aliphatic heterocycles. The molecule has 0 N–H and O–H groups in total. The first-order chi connectivity index (χ1) is 15.8. The zero-order valence-corrected chi connectivity index (χ0v) is 20.4. The lowest BCUT2D eigenvalue weighted by Gasteiger charge is -2.34. The monoisotopic (exact) mass is 466 g/mol. The summed E-state index contributed by atoms with van der Waals surface area (Å²) in [5, 5.41) is 8.90. The Hall–Kier alpha value is -2.97. The molecular formula is C25H30N4O3S. The molecular weight excluding hydrogens is 436 g/mol. The minimum atomic E-state index is -3.54. The number of hydrogen-bond acceptors (Lipinski definition) is 6. The molecule has 7 nitrogen and oxygen atoms in total. The molecule has 0 radical (unpaired) electrons. The van der Waals surface area contributed by atoms with Crippen molar-refractivity contribution in [1.29, 1.82) is 0 Å². The molecule has 1 fully saturated rings. The Morgan fingerprint density at radius 1 is 0.848 bits per heavy atom. The number of piperazine rings is 1. The van der Waals surface area contributed by atoms with Crippen LogP contribution in [0.25, 0.3) is 11.3 Å². The number of anilines is 1. The summed E-state index contributed by atoms with van der Waals surface area (Å²) in [6.45, 7) is 10.7. The molecule has 2 heterocycles. The van der Waals surface area contributed by atoms with Crippen LogP contribution < -0.4 is 9.64 Å². The molecule has 8 heteroatoms. The van der Waals surface area contributed by atoms with Crippen LogP contribution >= 0.6 is 0 Å². The molecule has 0 spiro atoms. The number of nitrogens with zero attached hydrogens (tertiary/aromatic N) is 4. The predicted molar refractivity (Wildman–Crippen MR) is 130 cm³/mol. The van der Waals surface area contributed by atoms with Crippen LogP contribution in [-0.2, 0) is 10.0 Å². The van der Waals surface area contributed by atoms with E-state index in [1.165, 1.54) is 21.0 Å². The lowest BCUT2D eigenvalue weighted by atomic mass is 9.99. The van der Waals surface area contributed by atoms with E-state index >= 15 is 0 Å². The largest absolute Gasteiger partial charge is 0.494 e. The second-order valence-corrected chi connectivity index (χ2v) is 10.3. The molecule has 1 saturated heterocycles. The highest BCUT2D eigenvalue weighted by molar-refractivity contribution is 7.89. The highest BCUT2D eigenvalue weighted by Gasteiger charge is 2.29. The van der Waals surface area contributed by atoms with E-state index in [1.54, 1.807) is 24.3 Å². The zero-order valence-electron chi connectivity index (χ0n) is 19.6. The summed E-state index contributed by atoms with van der Waals surface area (Å²) in [5.74, 6) is 1.43. The van der Waals surface area contributed by atoms with Crippen LogP contribution in [-0.4, -0.2) is 55.7 Å². The van der Waals surface area contributed by atoms with E-state index in [4.69, 9.17) is 4.74 Å². The summed E-state index contributed by atoms with van der Waals surface area (Å²) in [7, 11) is -3.54. The lowest BCUT2D eigenvalue weighted by molar-refractivity contribution is 0.340. The van der Waals surface area contributed by atoms with Crippen LogP contribution in [0.15, 0.2) is 53.4 Å². The van der Waals surface area contributed by atoms with Crippen LogP contribution in [0.2, 0.25) is 0 Å². The minimum absolute atomic E-state index is 0.285. The van der Waals surface area contributed by atoms with Gasteiger partial charge in [-0.2, -0.15) is 4.31 Å². The maximum Gasteiger partial charge on any atom is 0.243 e. The number of sulfonamides is 1. The molecule has 2 aromatic carbocycles. The van der Waals surface area contributed by atoms with Crippen LogP contribution in [0.1, 0.15) is 23.6 Å². The van der Waals surface area contributed by atoms with Crippen LogP contribution in [0.4, 0.5) is 5.82 Å². The van der Waals surface area contributed by atoms with Crippen molar-refractivity contribution in [3.63, 3.8) is 0 Å². The third kappa shape index (κ3) is 4.86. The van der Waals surface area contributed by atoms with Gasteiger partial charge < -0.3 is 9.64 Å². The molecule has 0 saturated carbocycles. The molecule has 1 aliphatic rings. The van der Waals surface area contributed by atoms with Gasteiger partial charge in [0.05, 0.1) is 17.2 Å². The summed E-state index contributed by atoms with van der Waals surface area (Å²) < 4.78 is 33.0. The van der Waals surface area contributed by atoms with Crippen molar-refractivity contribution < 1.29 is 13.2 Å². The Bertz CT molecular complexity index is 1220. The number of hydrogen-bond donors (Lipinski definition) is 0. The summed E-state index contributed by atoms with van der Waals surface area (Å²) in [5.41, 5.74) is 5.60. The van der Waals surface area contributed by atoms with E-state index in [0.717, 1.165) is 17.1 Å². The zero-order chi connectivity index (χ0) is 23.6. The van der Waals surface area contributed by atoms with Crippen LogP contribution in [0, 0.1) is 20.8 Å². The maximum absolute atomic E-state index is 13.0. The summed E-state index contributed by atoms with van der Waals surface area (Å²) in [6, 6.07) is 14.9. The highest BCUT2D eigenvalue weighted by Crippen LogP contribution is 2.26. The molecule has 0 atom stereocenters. The molecule has 174 valence electrons. The average Bonchev–Trinajstić information content (AvgIpc) is 2.82. The fraction of sp³-hybridized carbons (Fsp3) is 0.360. The maximum atomic E-state index is 13.0. The van der Waals surface area contributed by atoms with Crippen molar-refractivity contribution in [2.45, 2.75) is 32.6 Å². The van der Waals surface area contributed by atoms with Gasteiger partial charge in [-0.1, -0.05) is 6.07 Å². The van der Waals surface area contributed by atoms with Gasteiger partial charge in [-0.05, 0) is 86.8 Å². The van der Waals surface area contributed by atoms with Gasteiger partial charge in [0, 0.05) is 31.7 Å². The number of aryl methyl sites for hydroxylation is 3. The number of ether oxygens (including phenoxy) is 1. The standard InChI is InChI=1S/C25H30N4O3S/c1-5-32-21-6-8-22(9-7-21)33(30,31)29-14-12-28(13-15-29)25-11-10-24(26-27-25)23-17-19(3)18(2)16-20(23)4/h6-11,16-17H,5,12-15H2,1-4H3. The van der Waals surface area contributed by atoms with Crippen molar-refractivity contribution in [3.8, 4) is 17.0 Å². The van der Waals surface area contributed by atoms with E-state index in [0.29, 0.717) is 38.5 Å². The van der Waals surface area contributed by atoms with Gasteiger partial charge in [-0.25, -0.2) is 8.42 Å². The first-order valence-corrected chi connectivity index (χ1v) is 12.6. The molecule has 0 aliphatic carbocycles. The third-order valence-corrected chi connectivity index (χ3v) is 8.02. The summed E-state index contributed by atoms with van der Waals surface area (Å²) in [6.07, 6.45) is 0. The van der Waals surface area contributed by atoms with Crippen molar-refractivity contribution in [3.05, 3.63) is 65.2 Å². The molecule has 0 amide bonds. The van der Waals surface area contributed by atoms with Gasteiger partial charge in [-0.15, -0.1) is 10.2 Å². The van der Waals surface area contributed by atoms with Gasteiger partial charge in [0.2, 0.25) is 10.0 Å². The Balaban J connectivity index is 1.43. The van der Waals surface area contributed by atoms with Gasteiger partial charge >= 0.3 is 0 Å². The predicted octanol–water partition coefficient (Wildman–Crippen LogP) is 3.98. The third-order valence-electron chi connectivity index (χ3n) is 6.10. The van der Waals surface area contributed by atoms with E-state index < -0.39 is 10.0 Å². The van der Waals surface area contributed by atoms with Gasteiger partial charge in [0.15, 0.2) is 5.82 Å². The molecule has 0 unspecified atom stereocenters. The number of rotatable bonds is 6. The topological polar surface area (TPSA) is 75.6 Å². The SMILES string of the molecule is CCOc1ccc(S(=O)(=O)N2CCN(c3ccc(-c4cc(C)c(C)cc4C)nn3)CC2)cc1. The Morgan fingerprint density at radius 2 is 1.52 bits per heavy atom. The fourth-order valence-electron chi connectivity index (χ4n) is 4.06. The smallest absolute Gasteiger partial charge is 0.243 e. The van der Waals surface area contributed by atoms with Crippen molar-refractivity contribution >= 4 is 15.8 Å². The molecule has 0 bridgehead atoms. The quantitative estimate of drug-likeness (QED) is 0.547. The number of benzene rings is 2. The lowest BCUT2D eigenvalue weighted by Crippen LogP contribution is -2.48. The molecule has 33 heavy (non-hydrogen) atoms. The van der Waals surface area contributed by atoms with Gasteiger partial charge in [0.1, 0.15) is 5.75 Å². The van der Waals surface area contributed by atoms with E-state index in [2.05, 4.69) is 48.0 Å². The van der Waals surface area contributed by atoms with E-state index in [1.807, 2.05) is 19.1 Å². The second kappa shape index (κ2) is 9.49. The summed E-state index contributed by atoms with van der Waals surface area (Å²) >= 11 is 0. The molecule has 3 aromatic rings. The van der Waals surface area contributed by atoms with Crippen LogP contribution in [0.5, 0.6) is 5.75 Å². The average molecular weight is 467 g/mol. The van der Waals surface area contributed by atoms with Crippen molar-refractivity contribution in [1.82, 2.24) is 14.5 Å². The van der Waals surface area contributed by atoms with Crippen LogP contribution in [0.3, 0.4) is 0 Å². The first kappa shape index (κ1) is 23.2. The fourth-order valence-corrected chi connectivity index (χ4v) is 5.48. The first-order valence-electron chi connectivity index (χ1n) is 11.2. The summed E-state index contributed by atoms with van der Waals surface area (Å²) in [4.78, 5) is 2.36. The van der Waals surface area contributed by atoms with E-state index in [9.17, 15) is 8.42 Å². The van der Waals surface area contributed by atoms with Crippen molar-refractivity contribution in [2.75, 3.05) is 37.7 Å².